The van der Waals surface area contributed by atoms with Gasteiger partial charge in [-0.2, -0.15) is 5.10 Å². The minimum atomic E-state index is -0.358. The summed E-state index contributed by atoms with van der Waals surface area (Å²) in [4.78, 5) is 29.9. The van der Waals surface area contributed by atoms with Crippen LogP contribution in [0.2, 0.25) is 5.02 Å². The van der Waals surface area contributed by atoms with Crippen molar-refractivity contribution < 1.29 is 9.59 Å². The number of nitrogens with zero attached hydrogens (tertiary/aromatic N) is 5. The van der Waals surface area contributed by atoms with Crippen molar-refractivity contribution in [1.29, 1.82) is 0 Å². The van der Waals surface area contributed by atoms with Gasteiger partial charge in [0.05, 0.1) is 17.9 Å². The zero-order chi connectivity index (χ0) is 15.5. The third-order valence-electron chi connectivity index (χ3n) is 4.18. The molecule has 2 saturated heterocycles. The monoisotopic (exact) mass is 325 g/mol. The summed E-state index contributed by atoms with van der Waals surface area (Å²) in [6, 6.07) is 0. The lowest BCUT2D eigenvalue weighted by molar-refractivity contribution is -0.152. The molecule has 2 aliphatic rings. The lowest BCUT2D eigenvalue weighted by atomic mass is 10.3. The predicted molar refractivity (Wildman–Crippen MR) is 81.2 cm³/mol. The van der Waals surface area contributed by atoms with Gasteiger partial charge in [0.2, 0.25) is 0 Å². The fraction of sp³-hybridized carbons (Fsp3) is 0.643. The molecule has 0 bridgehead atoms. The van der Waals surface area contributed by atoms with Crippen LogP contribution in [0.25, 0.3) is 0 Å². The van der Waals surface area contributed by atoms with Gasteiger partial charge in [0.15, 0.2) is 0 Å². The Morgan fingerprint density at radius 1 is 1.00 bits per heavy atom. The highest BCUT2D eigenvalue weighted by molar-refractivity contribution is 6.35. The molecule has 0 atom stereocenters. The normalized spacial score (nSPS) is 19.7. The van der Waals surface area contributed by atoms with Crippen molar-refractivity contribution in [2.75, 3.05) is 39.3 Å². The van der Waals surface area contributed by atoms with Crippen LogP contribution in [0, 0.1) is 0 Å². The number of piperazine rings is 1. The number of aromatic nitrogens is 2. The molecule has 3 rings (SSSR count). The van der Waals surface area contributed by atoms with Gasteiger partial charge in [-0.05, 0) is 12.8 Å². The topological polar surface area (TPSA) is 61.7 Å². The summed E-state index contributed by atoms with van der Waals surface area (Å²) in [7, 11) is 0. The molecule has 0 spiro atoms. The quantitative estimate of drug-likeness (QED) is 0.732. The highest BCUT2D eigenvalue weighted by Crippen LogP contribution is 2.11. The van der Waals surface area contributed by atoms with Crippen molar-refractivity contribution in [2.45, 2.75) is 19.5 Å². The smallest absolute Gasteiger partial charge is 0.312 e. The first-order valence-electron chi connectivity index (χ1n) is 7.62. The molecule has 0 unspecified atom stereocenters. The van der Waals surface area contributed by atoms with Gasteiger partial charge in [-0.25, -0.2) is 0 Å². The van der Waals surface area contributed by atoms with E-state index in [1.54, 1.807) is 26.9 Å². The number of amides is 2. The summed E-state index contributed by atoms with van der Waals surface area (Å²) in [6.45, 7) is 4.69. The van der Waals surface area contributed by atoms with E-state index < -0.39 is 0 Å². The standard InChI is InChI=1S/C14H20ClN5O2/c15-12-9-16-20(10-12)11-17-5-7-19(8-6-17)14(22)13(21)18-3-1-2-4-18/h9-10H,1-8,11H2. The van der Waals surface area contributed by atoms with Gasteiger partial charge in [0, 0.05) is 45.5 Å². The Kier molecular flexibility index (Phi) is 4.63. The van der Waals surface area contributed by atoms with Crippen molar-refractivity contribution in [3.63, 3.8) is 0 Å². The molecule has 8 heteroatoms. The van der Waals surface area contributed by atoms with Crippen LogP contribution in [0.5, 0.6) is 0 Å². The van der Waals surface area contributed by atoms with Gasteiger partial charge in [0.1, 0.15) is 0 Å². The molecule has 22 heavy (non-hydrogen) atoms. The highest BCUT2D eigenvalue weighted by atomic mass is 35.5. The van der Waals surface area contributed by atoms with Crippen LogP contribution in [0.3, 0.4) is 0 Å². The molecular formula is C14H20ClN5O2. The molecule has 3 heterocycles. The Hall–Kier alpha value is -1.60. The molecule has 0 aromatic carbocycles. The molecule has 2 fully saturated rings. The lowest BCUT2D eigenvalue weighted by Gasteiger charge is -2.34. The van der Waals surface area contributed by atoms with Crippen molar-refractivity contribution in [3.05, 3.63) is 17.4 Å². The van der Waals surface area contributed by atoms with E-state index in [0.29, 0.717) is 37.9 Å². The zero-order valence-corrected chi connectivity index (χ0v) is 13.2. The average molecular weight is 326 g/mol. The molecule has 0 N–H and O–H groups in total. The van der Waals surface area contributed by atoms with Crippen molar-refractivity contribution in [2.24, 2.45) is 0 Å². The molecule has 1 aromatic rings. The third kappa shape index (κ3) is 3.41. The molecule has 1 aromatic heterocycles. The Bertz CT molecular complexity index is 547. The number of carbonyl (C=O) groups excluding carboxylic acids is 2. The van der Waals surface area contributed by atoms with E-state index in [2.05, 4.69) is 10.00 Å². The fourth-order valence-corrected chi connectivity index (χ4v) is 3.06. The van der Waals surface area contributed by atoms with Gasteiger partial charge in [-0.1, -0.05) is 11.6 Å². The minimum absolute atomic E-state index is 0.343. The molecule has 2 aliphatic heterocycles. The van der Waals surface area contributed by atoms with Crippen molar-refractivity contribution in [3.8, 4) is 0 Å². The van der Waals surface area contributed by atoms with E-state index in [9.17, 15) is 9.59 Å². The Labute approximate surface area is 134 Å². The second-order valence-corrected chi connectivity index (χ2v) is 6.19. The van der Waals surface area contributed by atoms with Crippen LogP contribution in [-0.4, -0.2) is 75.6 Å². The largest absolute Gasteiger partial charge is 0.334 e. The van der Waals surface area contributed by atoms with Gasteiger partial charge in [-0.3, -0.25) is 19.2 Å². The molecular weight excluding hydrogens is 306 g/mol. The summed E-state index contributed by atoms with van der Waals surface area (Å²) < 4.78 is 1.77. The SMILES string of the molecule is O=C(C(=O)N1CCN(Cn2cc(Cl)cn2)CC1)N1CCCC1. The fourth-order valence-electron chi connectivity index (χ4n) is 2.90. The summed E-state index contributed by atoms with van der Waals surface area (Å²) in [5.41, 5.74) is 0. The number of hydrogen-bond donors (Lipinski definition) is 0. The Morgan fingerprint density at radius 2 is 1.59 bits per heavy atom. The van der Waals surface area contributed by atoms with Gasteiger partial charge in [0.25, 0.3) is 0 Å². The molecule has 0 radical (unpaired) electrons. The third-order valence-corrected chi connectivity index (χ3v) is 4.38. The number of halogens is 1. The molecule has 2 amide bonds. The van der Waals surface area contributed by atoms with E-state index in [1.165, 1.54) is 0 Å². The first-order chi connectivity index (χ1) is 10.6. The summed E-state index contributed by atoms with van der Waals surface area (Å²) in [6.07, 6.45) is 5.38. The highest BCUT2D eigenvalue weighted by Gasteiger charge is 2.30. The van der Waals surface area contributed by atoms with Crippen LogP contribution in [0.4, 0.5) is 0 Å². The van der Waals surface area contributed by atoms with Gasteiger partial charge < -0.3 is 9.80 Å². The van der Waals surface area contributed by atoms with E-state index in [4.69, 9.17) is 11.6 Å². The number of carbonyl (C=O) groups is 2. The van der Waals surface area contributed by atoms with Crippen LogP contribution in [0.1, 0.15) is 12.8 Å². The van der Waals surface area contributed by atoms with E-state index >= 15 is 0 Å². The maximum Gasteiger partial charge on any atom is 0.312 e. The van der Waals surface area contributed by atoms with E-state index in [1.807, 2.05) is 0 Å². The molecule has 0 aliphatic carbocycles. The number of rotatable bonds is 2. The zero-order valence-electron chi connectivity index (χ0n) is 12.4. The predicted octanol–water partition coefficient (Wildman–Crippen LogP) is 0.261. The van der Waals surface area contributed by atoms with Crippen LogP contribution >= 0.6 is 11.6 Å². The maximum absolute atomic E-state index is 12.2. The minimum Gasteiger partial charge on any atom is -0.334 e. The first-order valence-corrected chi connectivity index (χ1v) is 8.00. The number of likely N-dealkylation sites (tertiary alicyclic amines) is 1. The van der Waals surface area contributed by atoms with Crippen LogP contribution < -0.4 is 0 Å². The summed E-state index contributed by atoms with van der Waals surface area (Å²) in [5, 5.41) is 4.76. The van der Waals surface area contributed by atoms with Gasteiger partial charge in [-0.15, -0.1) is 0 Å². The van der Waals surface area contributed by atoms with Crippen molar-refractivity contribution in [1.82, 2.24) is 24.5 Å². The number of hydrogen-bond acceptors (Lipinski definition) is 4. The summed E-state index contributed by atoms with van der Waals surface area (Å²) >= 11 is 5.84. The van der Waals surface area contributed by atoms with E-state index in [0.717, 1.165) is 25.9 Å². The van der Waals surface area contributed by atoms with Crippen LogP contribution in [-0.2, 0) is 16.3 Å². The Balaban J connectivity index is 1.48. The van der Waals surface area contributed by atoms with Crippen molar-refractivity contribution >= 4 is 23.4 Å². The Morgan fingerprint density at radius 3 is 2.14 bits per heavy atom. The maximum atomic E-state index is 12.2. The molecule has 7 nitrogen and oxygen atoms in total. The van der Waals surface area contributed by atoms with Gasteiger partial charge >= 0.3 is 11.8 Å². The van der Waals surface area contributed by atoms with E-state index in [-0.39, 0.29) is 11.8 Å². The molecule has 0 saturated carbocycles. The molecule has 120 valence electrons. The second-order valence-electron chi connectivity index (χ2n) is 5.75. The second kappa shape index (κ2) is 6.66. The first kappa shape index (κ1) is 15.3. The summed E-state index contributed by atoms with van der Waals surface area (Å²) in [5.74, 6) is -0.700. The van der Waals surface area contributed by atoms with Crippen LogP contribution in [0.15, 0.2) is 12.4 Å². The lowest BCUT2D eigenvalue weighted by Crippen LogP contribution is -2.53. The average Bonchev–Trinajstić information content (AvgIpc) is 3.18.